The summed E-state index contributed by atoms with van der Waals surface area (Å²) in [5.41, 5.74) is 7.04. The Morgan fingerprint density at radius 1 is 1.44 bits per heavy atom. The van der Waals surface area contributed by atoms with E-state index in [9.17, 15) is 4.79 Å². The lowest BCUT2D eigenvalue weighted by molar-refractivity contribution is -0.133. The van der Waals surface area contributed by atoms with Gasteiger partial charge in [-0.2, -0.15) is 0 Å². The minimum atomic E-state index is -0.386. The second-order valence-electron chi connectivity index (χ2n) is 5.30. The smallest absolute Gasteiger partial charge is 0.239 e. The van der Waals surface area contributed by atoms with Gasteiger partial charge in [0.2, 0.25) is 5.91 Å². The van der Waals surface area contributed by atoms with E-state index in [4.69, 9.17) is 5.73 Å². The van der Waals surface area contributed by atoms with Crippen LogP contribution in [0, 0.1) is 5.92 Å². The van der Waals surface area contributed by atoms with E-state index in [-0.39, 0.29) is 11.9 Å². The van der Waals surface area contributed by atoms with Crippen LogP contribution in [0.2, 0.25) is 0 Å². The molecule has 2 N–H and O–H groups in total. The van der Waals surface area contributed by atoms with Crippen LogP contribution >= 0.6 is 0 Å². The molecule has 3 atom stereocenters. The van der Waals surface area contributed by atoms with Crippen LogP contribution in [0.1, 0.15) is 25.8 Å². The molecule has 1 aliphatic heterocycles. The van der Waals surface area contributed by atoms with Gasteiger partial charge in [-0.3, -0.25) is 4.79 Å². The van der Waals surface area contributed by atoms with Crippen molar-refractivity contribution in [2.24, 2.45) is 11.7 Å². The van der Waals surface area contributed by atoms with Gasteiger partial charge in [-0.05, 0) is 38.2 Å². The van der Waals surface area contributed by atoms with Crippen LogP contribution in [0.15, 0.2) is 30.3 Å². The van der Waals surface area contributed by atoms with E-state index in [1.54, 1.807) is 6.92 Å². The van der Waals surface area contributed by atoms with Crippen LogP contribution in [-0.2, 0) is 11.2 Å². The topological polar surface area (TPSA) is 46.3 Å². The Balaban J connectivity index is 1.99. The molecule has 1 aromatic carbocycles. The number of benzene rings is 1. The number of rotatable bonds is 3. The molecule has 3 heteroatoms. The Morgan fingerprint density at radius 2 is 2.11 bits per heavy atom. The number of hydrogen-bond acceptors (Lipinski definition) is 2. The molecule has 1 aromatic rings. The second kappa shape index (κ2) is 5.53. The first kappa shape index (κ1) is 13.1. The fraction of sp³-hybridized carbons (Fsp3) is 0.533. The van der Waals surface area contributed by atoms with Crippen LogP contribution in [0.25, 0.3) is 0 Å². The van der Waals surface area contributed by atoms with Gasteiger partial charge >= 0.3 is 0 Å². The number of amides is 1. The predicted octanol–water partition coefficient (Wildman–Crippen LogP) is 1.81. The summed E-state index contributed by atoms with van der Waals surface area (Å²) in [6.07, 6.45) is 2.12. The zero-order chi connectivity index (χ0) is 13.1. The van der Waals surface area contributed by atoms with Crippen molar-refractivity contribution in [3.8, 4) is 0 Å². The van der Waals surface area contributed by atoms with E-state index in [1.165, 1.54) is 5.56 Å². The van der Waals surface area contributed by atoms with Gasteiger partial charge in [-0.15, -0.1) is 0 Å². The Kier molecular flexibility index (Phi) is 4.02. The van der Waals surface area contributed by atoms with Crippen LogP contribution in [0.4, 0.5) is 0 Å². The predicted molar refractivity (Wildman–Crippen MR) is 73.1 cm³/mol. The van der Waals surface area contributed by atoms with E-state index in [1.807, 2.05) is 11.0 Å². The van der Waals surface area contributed by atoms with Gasteiger partial charge in [0.1, 0.15) is 0 Å². The number of nitrogens with two attached hydrogens (primary N) is 1. The SMILES string of the molecule is C[C@@H]1[C@@H](Cc2ccccc2)CCN1C(=O)[C@@H](C)N. The zero-order valence-electron chi connectivity index (χ0n) is 11.2. The zero-order valence-corrected chi connectivity index (χ0v) is 11.2. The van der Waals surface area contributed by atoms with Crippen LogP contribution in [0.5, 0.6) is 0 Å². The summed E-state index contributed by atoms with van der Waals surface area (Å²) in [5.74, 6) is 0.633. The third-order valence-corrected chi connectivity index (χ3v) is 3.93. The normalized spacial score (nSPS) is 25.2. The highest BCUT2D eigenvalue weighted by molar-refractivity contribution is 5.81. The number of carbonyl (C=O) groups is 1. The van der Waals surface area contributed by atoms with E-state index in [2.05, 4.69) is 31.2 Å². The first-order valence-electron chi connectivity index (χ1n) is 6.69. The van der Waals surface area contributed by atoms with E-state index in [0.717, 1.165) is 19.4 Å². The molecule has 1 fully saturated rings. The number of hydrogen-bond donors (Lipinski definition) is 1. The minimum absolute atomic E-state index is 0.0815. The Bertz CT molecular complexity index is 402. The van der Waals surface area contributed by atoms with Crippen molar-refractivity contribution in [1.82, 2.24) is 4.90 Å². The van der Waals surface area contributed by atoms with Crippen molar-refractivity contribution in [3.63, 3.8) is 0 Å². The maximum absolute atomic E-state index is 12.0. The van der Waals surface area contributed by atoms with Gasteiger partial charge in [0, 0.05) is 12.6 Å². The Morgan fingerprint density at radius 3 is 2.72 bits per heavy atom. The molecule has 0 unspecified atom stereocenters. The maximum atomic E-state index is 12.0. The summed E-state index contributed by atoms with van der Waals surface area (Å²) in [4.78, 5) is 13.9. The van der Waals surface area contributed by atoms with Crippen molar-refractivity contribution < 1.29 is 4.79 Å². The third kappa shape index (κ3) is 2.72. The summed E-state index contributed by atoms with van der Waals surface area (Å²) in [5, 5.41) is 0. The highest BCUT2D eigenvalue weighted by Gasteiger charge is 2.34. The number of carbonyl (C=O) groups excluding carboxylic acids is 1. The summed E-state index contributed by atoms with van der Waals surface area (Å²) in [6, 6.07) is 10.4. The quantitative estimate of drug-likeness (QED) is 0.884. The van der Waals surface area contributed by atoms with Crippen molar-refractivity contribution in [2.75, 3.05) is 6.54 Å². The van der Waals surface area contributed by atoms with Gasteiger partial charge in [-0.25, -0.2) is 0 Å². The standard InChI is InChI=1S/C15H22N2O/c1-11(16)15(18)17-9-8-14(12(17)2)10-13-6-4-3-5-7-13/h3-7,11-12,14H,8-10,16H2,1-2H3/t11-,12-,14-/m1/s1. The van der Waals surface area contributed by atoms with Crippen molar-refractivity contribution in [2.45, 2.75) is 38.8 Å². The monoisotopic (exact) mass is 246 g/mol. The molecule has 0 radical (unpaired) electrons. The maximum Gasteiger partial charge on any atom is 0.239 e. The van der Waals surface area contributed by atoms with Gasteiger partial charge in [0.05, 0.1) is 6.04 Å². The van der Waals surface area contributed by atoms with Crippen molar-refractivity contribution >= 4 is 5.91 Å². The Hall–Kier alpha value is -1.35. The molecule has 2 rings (SSSR count). The average Bonchev–Trinajstić information content (AvgIpc) is 2.71. The molecule has 0 aliphatic carbocycles. The lowest BCUT2D eigenvalue weighted by Gasteiger charge is -2.26. The summed E-state index contributed by atoms with van der Waals surface area (Å²) < 4.78 is 0. The largest absolute Gasteiger partial charge is 0.338 e. The van der Waals surface area contributed by atoms with Gasteiger partial charge in [0.25, 0.3) is 0 Å². The van der Waals surface area contributed by atoms with Gasteiger partial charge < -0.3 is 10.6 Å². The number of nitrogens with zero attached hydrogens (tertiary/aromatic N) is 1. The molecule has 98 valence electrons. The van der Waals surface area contributed by atoms with Gasteiger partial charge in [0.15, 0.2) is 0 Å². The van der Waals surface area contributed by atoms with Gasteiger partial charge in [-0.1, -0.05) is 30.3 Å². The second-order valence-corrected chi connectivity index (χ2v) is 5.30. The molecule has 0 saturated carbocycles. The first-order chi connectivity index (χ1) is 8.59. The lowest BCUT2D eigenvalue weighted by Crippen LogP contribution is -2.44. The molecule has 1 saturated heterocycles. The first-order valence-corrected chi connectivity index (χ1v) is 6.69. The summed E-state index contributed by atoms with van der Waals surface area (Å²) >= 11 is 0. The highest BCUT2D eigenvalue weighted by Crippen LogP contribution is 2.27. The molecular formula is C15H22N2O. The molecule has 1 aliphatic rings. The molecule has 0 bridgehead atoms. The molecule has 1 heterocycles. The van der Waals surface area contributed by atoms with E-state index in [0.29, 0.717) is 12.0 Å². The molecular weight excluding hydrogens is 224 g/mol. The molecule has 3 nitrogen and oxygen atoms in total. The number of likely N-dealkylation sites (tertiary alicyclic amines) is 1. The Labute approximate surface area is 109 Å². The molecule has 0 spiro atoms. The lowest BCUT2D eigenvalue weighted by atomic mass is 9.93. The van der Waals surface area contributed by atoms with E-state index >= 15 is 0 Å². The van der Waals surface area contributed by atoms with Crippen LogP contribution < -0.4 is 5.73 Å². The fourth-order valence-corrected chi connectivity index (χ4v) is 2.77. The van der Waals surface area contributed by atoms with E-state index < -0.39 is 0 Å². The van der Waals surface area contributed by atoms with Crippen molar-refractivity contribution in [3.05, 3.63) is 35.9 Å². The summed E-state index contributed by atoms with van der Waals surface area (Å²) in [6.45, 7) is 4.75. The van der Waals surface area contributed by atoms with Crippen molar-refractivity contribution in [1.29, 1.82) is 0 Å². The minimum Gasteiger partial charge on any atom is -0.338 e. The average molecular weight is 246 g/mol. The summed E-state index contributed by atoms with van der Waals surface area (Å²) in [7, 11) is 0. The molecule has 0 aromatic heterocycles. The molecule has 18 heavy (non-hydrogen) atoms. The third-order valence-electron chi connectivity index (χ3n) is 3.93. The fourth-order valence-electron chi connectivity index (χ4n) is 2.77. The molecule has 1 amide bonds. The van der Waals surface area contributed by atoms with Crippen LogP contribution in [-0.4, -0.2) is 29.4 Å². The highest BCUT2D eigenvalue weighted by atomic mass is 16.2. The van der Waals surface area contributed by atoms with Crippen LogP contribution in [0.3, 0.4) is 0 Å².